The van der Waals surface area contributed by atoms with E-state index in [-0.39, 0.29) is 5.91 Å². The molecule has 5 heteroatoms. The molecule has 0 aliphatic rings. The molecular formula is C18H18BrNO2S. The molecule has 2 aromatic rings. The van der Waals surface area contributed by atoms with E-state index in [1.807, 2.05) is 42.5 Å². The van der Waals surface area contributed by atoms with Gasteiger partial charge in [0.15, 0.2) is 0 Å². The summed E-state index contributed by atoms with van der Waals surface area (Å²) in [6.45, 7) is 4.07. The van der Waals surface area contributed by atoms with Gasteiger partial charge in [0.2, 0.25) is 5.91 Å². The van der Waals surface area contributed by atoms with Gasteiger partial charge in [0.25, 0.3) is 0 Å². The standard InChI is InChI=1S/C18H18BrNO2S/c1-2-11-22-16-9-7-15(8-10-16)20-18(21)13-23-12-14-5-3-4-6-17(14)19/h2-10H,1,11-13H2,(H,20,21). The van der Waals surface area contributed by atoms with E-state index in [1.165, 1.54) is 5.56 Å². The Kier molecular flexibility index (Phi) is 7.23. The molecule has 0 saturated heterocycles. The first-order valence-electron chi connectivity index (χ1n) is 7.14. The van der Waals surface area contributed by atoms with Crippen molar-refractivity contribution in [3.8, 4) is 5.75 Å². The molecule has 23 heavy (non-hydrogen) atoms. The summed E-state index contributed by atoms with van der Waals surface area (Å²) in [6, 6.07) is 15.3. The summed E-state index contributed by atoms with van der Waals surface area (Å²) >= 11 is 5.09. The zero-order valence-corrected chi connectivity index (χ0v) is 15.0. The van der Waals surface area contributed by atoms with Crippen molar-refractivity contribution in [2.75, 3.05) is 17.7 Å². The number of carbonyl (C=O) groups excluding carboxylic acids is 1. The molecule has 0 heterocycles. The average Bonchev–Trinajstić information content (AvgIpc) is 2.56. The van der Waals surface area contributed by atoms with Crippen LogP contribution in [0.2, 0.25) is 0 Å². The minimum atomic E-state index is -0.0122. The minimum Gasteiger partial charge on any atom is -0.490 e. The second-order valence-corrected chi connectivity index (χ2v) is 6.60. The number of hydrogen-bond donors (Lipinski definition) is 1. The summed E-state index contributed by atoms with van der Waals surface area (Å²) in [6.07, 6.45) is 1.69. The lowest BCUT2D eigenvalue weighted by Crippen LogP contribution is -2.14. The maximum atomic E-state index is 12.0. The molecule has 0 saturated carbocycles. The molecule has 0 bridgehead atoms. The summed E-state index contributed by atoms with van der Waals surface area (Å²) in [5.74, 6) is 1.95. The largest absolute Gasteiger partial charge is 0.490 e. The number of amides is 1. The van der Waals surface area contributed by atoms with Crippen LogP contribution in [0.4, 0.5) is 5.69 Å². The molecule has 0 aliphatic carbocycles. The minimum absolute atomic E-state index is 0.0122. The van der Waals surface area contributed by atoms with E-state index in [1.54, 1.807) is 17.8 Å². The molecule has 120 valence electrons. The Morgan fingerprint density at radius 3 is 2.65 bits per heavy atom. The molecular weight excluding hydrogens is 374 g/mol. The zero-order valence-electron chi connectivity index (χ0n) is 12.6. The monoisotopic (exact) mass is 391 g/mol. The average molecular weight is 392 g/mol. The van der Waals surface area contributed by atoms with Gasteiger partial charge >= 0.3 is 0 Å². The summed E-state index contributed by atoms with van der Waals surface area (Å²) in [7, 11) is 0. The SMILES string of the molecule is C=CCOc1ccc(NC(=O)CSCc2ccccc2Br)cc1. The van der Waals surface area contributed by atoms with Crippen molar-refractivity contribution in [2.24, 2.45) is 0 Å². The topological polar surface area (TPSA) is 38.3 Å². The molecule has 3 nitrogen and oxygen atoms in total. The van der Waals surface area contributed by atoms with Crippen LogP contribution in [-0.2, 0) is 10.5 Å². The fraction of sp³-hybridized carbons (Fsp3) is 0.167. The molecule has 0 spiro atoms. The Bertz CT molecular complexity index is 658. The van der Waals surface area contributed by atoms with Crippen molar-refractivity contribution in [3.63, 3.8) is 0 Å². The van der Waals surface area contributed by atoms with Gasteiger partial charge in [-0.05, 0) is 35.9 Å². The van der Waals surface area contributed by atoms with Crippen LogP contribution in [-0.4, -0.2) is 18.3 Å². The van der Waals surface area contributed by atoms with Gasteiger partial charge in [-0.25, -0.2) is 0 Å². The molecule has 0 radical (unpaired) electrons. The van der Waals surface area contributed by atoms with Gasteiger partial charge in [0.05, 0.1) is 5.75 Å². The number of hydrogen-bond acceptors (Lipinski definition) is 3. The van der Waals surface area contributed by atoms with E-state index >= 15 is 0 Å². The van der Waals surface area contributed by atoms with Crippen LogP contribution in [0.3, 0.4) is 0 Å². The van der Waals surface area contributed by atoms with E-state index in [0.29, 0.717) is 12.4 Å². The number of carbonyl (C=O) groups is 1. The molecule has 2 aromatic carbocycles. The van der Waals surface area contributed by atoms with Crippen molar-refractivity contribution >= 4 is 39.3 Å². The third-order valence-corrected chi connectivity index (χ3v) is 4.71. The summed E-state index contributed by atoms with van der Waals surface area (Å²) in [4.78, 5) is 12.0. The highest BCUT2D eigenvalue weighted by Gasteiger charge is 2.05. The van der Waals surface area contributed by atoms with Crippen LogP contribution in [0.15, 0.2) is 65.7 Å². The second kappa shape index (κ2) is 9.43. The van der Waals surface area contributed by atoms with Crippen molar-refractivity contribution in [3.05, 3.63) is 71.2 Å². The van der Waals surface area contributed by atoms with Gasteiger partial charge in [0.1, 0.15) is 12.4 Å². The van der Waals surface area contributed by atoms with Gasteiger partial charge in [-0.3, -0.25) is 4.79 Å². The fourth-order valence-electron chi connectivity index (χ4n) is 1.86. The number of ether oxygens (including phenoxy) is 1. The Morgan fingerprint density at radius 1 is 1.22 bits per heavy atom. The van der Waals surface area contributed by atoms with Crippen LogP contribution < -0.4 is 10.1 Å². The molecule has 0 aromatic heterocycles. The van der Waals surface area contributed by atoms with Gasteiger partial charge in [-0.2, -0.15) is 0 Å². The number of thioether (sulfide) groups is 1. The van der Waals surface area contributed by atoms with Crippen molar-refractivity contribution in [1.82, 2.24) is 0 Å². The van der Waals surface area contributed by atoms with E-state index in [0.717, 1.165) is 21.7 Å². The molecule has 0 atom stereocenters. The number of nitrogens with one attached hydrogen (secondary N) is 1. The lowest BCUT2D eigenvalue weighted by atomic mass is 10.2. The Balaban J connectivity index is 1.76. The maximum absolute atomic E-state index is 12.0. The Hall–Kier alpha value is -1.72. The van der Waals surface area contributed by atoms with Crippen LogP contribution in [0.1, 0.15) is 5.56 Å². The number of rotatable bonds is 8. The number of benzene rings is 2. The van der Waals surface area contributed by atoms with Crippen LogP contribution >= 0.6 is 27.7 Å². The second-order valence-electron chi connectivity index (χ2n) is 4.76. The maximum Gasteiger partial charge on any atom is 0.234 e. The molecule has 0 unspecified atom stereocenters. The highest BCUT2D eigenvalue weighted by Crippen LogP contribution is 2.21. The summed E-state index contributed by atoms with van der Waals surface area (Å²) < 4.78 is 6.47. The molecule has 1 N–H and O–H groups in total. The predicted octanol–water partition coefficient (Wildman–Crippen LogP) is 4.89. The first kappa shape index (κ1) is 17.6. The highest BCUT2D eigenvalue weighted by molar-refractivity contribution is 9.10. The summed E-state index contributed by atoms with van der Waals surface area (Å²) in [5, 5.41) is 2.88. The highest BCUT2D eigenvalue weighted by atomic mass is 79.9. The lowest BCUT2D eigenvalue weighted by molar-refractivity contribution is -0.113. The van der Waals surface area contributed by atoms with Gasteiger partial charge < -0.3 is 10.1 Å². The van der Waals surface area contributed by atoms with E-state index in [4.69, 9.17) is 4.74 Å². The third-order valence-electron chi connectivity index (χ3n) is 2.95. The van der Waals surface area contributed by atoms with Crippen molar-refractivity contribution in [1.29, 1.82) is 0 Å². The Labute approximate surface area is 149 Å². The third kappa shape index (κ3) is 6.12. The van der Waals surface area contributed by atoms with Crippen LogP contribution in [0.25, 0.3) is 0 Å². The van der Waals surface area contributed by atoms with E-state index < -0.39 is 0 Å². The lowest BCUT2D eigenvalue weighted by Gasteiger charge is -2.08. The van der Waals surface area contributed by atoms with Gasteiger partial charge in [0, 0.05) is 15.9 Å². The molecule has 0 aliphatic heterocycles. The Morgan fingerprint density at radius 2 is 1.96 bits per heavy atom. The zero-order chi connectivity index (χ0) is 16.5. The van der Waals surface area contributed by atoms with Crippen molar-refractivity contribution < 1.29 is 9.53 Å². The normalized spacial score (nSPS) is 10.1. The van der Waals surface area contributed by atoms with Crippen LogP contribution in [0.5, 0.6) is 5.75 Å². The van der Waals surface area contributed by atoms with E-state index in [2.05, 4.69) is 33.9 Å². The number of halogens is 1. The molecule has 0 fully saturated rings. The quantitative estimate of drug-likeness (QED) is 0.651. The van der Waals surface area contributed by atoms with Gasteiger partial charge in [-0.1, -0.05) is 46.8 Å². The first-order valence-corrected chi connectivity index (χ1v) is 9.08. The fourth-order valence-corrected chi connectivity index (χ4v) is 3.30. The smallest absolute Gasteiger partial charge is 0.234 e. The number of anilines is 1. The first-order chi connectivity index (χ1) is 11.2. The van der Waals surface area contributed by atoms with Gasteiger partial charge in [-0.15, -0.1) is 11.8 Å². The van der Waals surface area contributed by atoms with Crippen molar-refractivity contribution in [2.45, 2.75) is 5.75 Å². The molecule has 1 amide bonds. The van der Waals surface area contributed by atoms with Crippen LogP contribution in [0, 0.1) is 0 Å². The van der Waals surface area contributed by atoms with E-state index in [9.17, 15) is 4.79 Å². The molecule has 2 rings (SSSR count). The predicted molar refractivity (Wildman–Crippen MR) is 101 cm³/mol. The summed E-state index contributed by atoms with van der Waals surface area (Å²) in [5.41, 5.74) is 1.96.